The quantitative estimate of drug-likeness (QED) is 0.573. The maximum Gasteiger partial charge on any atom is 0.257 e. The number of pyridine rings is 1. The fraction of sp³-hybridized carbons (Fsp3) is 0.250. The number of aromatic nitrogens is 1. The Morgan fingerprint density at radius 3 is 2.52 bits per heavy atom. The lowest BCUT2D eigenvalue weighted by atomic mass is 9.87. The minimum absolute atomic E-state index is 0.0649. The molecule has 2 heterocycles. The maximum absolute atomic E-state index is 14.0. The highest BCUT2D eigenvalue weighted by atomic mass is 35.5. The Labute approximate surface area is 185 Å². The van der Waals surface area contributed by atoms with E-state index in [0.717, 1.165) is 5.56 Å². The summed E-state index contributed by atoms with van der Waals surface area (Å²) in [6, 6.07) is 16.9. The number of rotatable bonds is 5. The molecule has 1 fully saturated rings. The summed E-state index contributed by atoms with van der Waals surface area (Å²) in [5.74, 6) is -0.189. The van der Waals surface area contributed by atoms with Crippen molar-refractivity contribution in [3.8, 4) is 0 Å². The summed E-state index contributed by atoms with van der Waals surface area (Å²) in [4.78, 5) is 19.2. The van der Waals surface area contributed by atoms with E-state index in [9.17, 15) is 14.3 Å². The van der Waals surface area contributed by atoms with E-state index in [1.165, 1.54) is 6.07 Å². The molecule has 3 aromatic rings. The van der Waals surface area contributed by atoms with Gasteiger partial charge in [-0.2, -0.15) is 0 Å². The molecule has 160 valence electrons. The van der Waals surface area contributed by atoms with E-state index >= 15 is 0 Å². The number of halogens is 2. The minimum atomic E-state index is -0.591. The van der Waals surface area contributed by atoms with E-state index in [-0.39, 0.29) is 17.5 Å². The van der Waals surface area contributed by atoms with Crippen LogP contribution in [0, 0.1) is 11.7 Å². The molecule has 5 nitrogen and oxygen atoms in total. The van der Waals surface area contributed by atoms with Crippen molar-refractivity contribution in [3.05, 3.63) is 88.8 Å². The van der Waals surface area contributed by atoms with Crippen LogP contribution in [-0.4, -0.2) is 34.0 Å². The van der Waals surface area contributed by atoms with Gasteiger partial charge >= 0.3 is 0 Å². The lowest BCUT2D eigenvalue weighted by Crippen LogP contribution is -2.40. The molecule has 1 aliphatic rings. The van der Waals surface area contributed by atoms with Crippen LogP contribution in [0.2, 0.25) is 5.02 Å². The van der Waals surface area contributed by atoms with Crippen LogP contribution in [0.3, 0.4) is 0 Å². The summed E-state index contributed by atoms with van der Waals surface area (Å²) < 4.78 is 14.0. The van der Waals surface area contributed by atoms with Gasteiger partial charge in [0.2, 0.25) is 0 Å². The third kappa shape index (κ3) is 4.86. The molecule has 1 amide bonds. The van der Waals surface area contributed by atoms with Crippen LogP contribution in [0.5, 0.6) is 0 Å². The van der Waals surface area contributed by atoms with Crippen molar-refractivity contribution in [2.75, 3.05) is 18.4 Å². The van der Waals surface area contributed by atoms with Crippen LogP contribution in [0.1, 0.15) is 34.9 Å². The first-order chi connectivity index (χ1) is 15.0. The van der Waals surface area contributed by atoms with Crippen LogP contribution < -0.4 is 5.32 Å². The van der Waals surface area contributed by atoms with Crippen molar-refractivity contribution in [2.24, 2.45) is 5.92 Å². The fourth-order valence-electron chi connectivity index (χ4n) is 3.89. The van der Waals surface area contributed by atoms with Gasteiger partial charge in [0.25, 0.3) is 5.91 Å². The Bertz CT molecular complexity index is 1050. The van der Waals surface area contributed by atoms with Crippen LogP contribution >= 0.6 is 11.6 Å². The second-order valence-electron chi connectivity index (χ2n) is 7.63. The first-order valence-corrected chi connectivity index (χ1v) is 10.6. The summed E-state index contributed by atoms with van der Waals surface area (Å²) >= 11 is 5.93. The molecule has 0 saturated carbocycles. The number of carbonyl (C=O) groups is 1. The zero-order chi connectivity index (χ0) is 21.8. The highest BCUT2D eigenvalue weighted by Gasteiger charge is 2.29. The van der Waals surface area contributed by atoms with Gasteiger partial charge in [-0.1, -0.05) is 35.9 Å². The first kappa shape index (κ1) is 21.3. The molecule has 1 atom stereocenters. The molecule has 2 aromatic carbocycles. The van der Waals surface area contributed by atoms with E-state index < -0.39 is 11.9 Å². The first-order valence-electron chi connectivity index (χ1n) is 10.2. The second-order valence-corrected chi connectivity index (χ2v) is 8.07. The number of carbonyl (C=O) groups excluding carboxylic acids is 1. The number of aliphatic hydroxyl groups is 1. The largest absolute Gasteiger partial charge is 0.388 e. The third-order valence-corrected chi connectivity index (χ3v) is 5.90. The van der Waals surface area contributed by atoms with E-state index in [4.69, 9.17) is 11.6 Å². The molecule has 1 aliphatic heterocycles. The molecule has 2 N–H and O–H groups in total. The van der Waals surface area contributed by atoms with Gasteiger partial charge in [0.1, 0.15) is 11.6 Å². The van der Waals surface area contributed by atoms with Crippen molar-refractivity contribution in [1.29, 1.82) is 0 Å². The van der Waals surface area contributed by atoms with Crippen molar-refractivity contribution < 1.29 is 14.3 Å². The number of aliphatic hydroxyl groups excluding tert-OH is 1. The van der Waals surface area contributed by atoms with E-state index in [1.54, 1.807) is 53.6 Å². The molecule has 0 bridgehead atoms. The number of nitrogens with one attached hydrogen (secondary N) is 1. The molecule has 31 heavy (non-hydrogen) atoms. The zero-order valence-electron chi connectivity index (χ0n) is 16.8. The third-order valence-electron chi connectivity index (χ3n) is 5.65. The van der Waals surface area contributed by atoms with Crippen LogP contribution in [-0.2, 0) is 0 Å². The predicted molar refractivity (Wildman–Crippen MR) is 119 cm³/mol. The number of anilines is 2. The van der Waals surface area contributed by atoms with Gasteiger partial charge in [0.15, 0.2) is 0 Å². The van der Waals surface area contributed by atoms with Gasteiger partial charge in [-0.05, 0) is 60.7 Å². The zero-order valence-corrected chi connectivity index (χ0v) is 17.6. The van der Waals surface area contributed by atoms with E-state index in [0.29, 0.717) is 42.3 Å². The minimum Gasteiger partial charge on any atom is -0.388 e. The molecule has 0 unspecified atom stereocenters. The highest BCUT2D eigenvalue weighted by Crippen LogP contribution is 2.32. The molecule has 0 aliphatic carbocycles. The van der Waals surface area contributed by atoms with E-state index in [1.807, 2.05) is 12.1 Å². The SMILES string of the molecule is O=C(c1cccnc1Nc1ccccc1F)N1CCC([C@H](O)c2ccc(Cl)cc2)CC1. The Kier molecular flexibility index (Phi) is 6.49. The Morgan fingerprint density at radius 2 is 1.81 bits per heavy atom. The van der Waals surface area contributed by atoms with E-state index in [2.05, 4.69) is 10.3 Å². The number of hydrogen-bond acceptors (Lipinski definition) is 4. The number of amides is 1. The summed E-state index contributed by atoms with van der Waals surface area (Å²) in [5.41, 5.74) is 1.49. The number of nitrogens with zero attached hydrogens (tertiary/aromatic N) is 2. The smallest absolute Gasteiger partial charge is 0.257 e. The van der Waals surface area contributed by atoms with Crippen LogP contribution in [0.15, 0.2) is 66.9 Å². The Balaban J connectivity index is 1.43. The molecule has 7 heteroatoms. The average Bonchev–Trinajstić information content (AvgIpc) is 2.81. The fourth-order valence-corrected chi connectivity index (χ4v) is 4.01. The predicted octanol–water partition coefficient (Wildman–Crippen LogP) is 5.20. The van der Waals surface area contributed by atoms with Gasteiger partial charge in [-0.3, -0.25) is 4.79 Å². The number of piperidine rings is 1. The molecule has 1 saturated heterocycles. The maximum atomic E-state index is 14.0. The van der Waals surface area contributed by atoms with Gasteiger partial charge in [0, 0.05) is 24.3 Å². The van der Waals surface area contributed by atoms with Crippen LogP contribution in [0.25, 0.3) is 0 Å². The summed E-state index contributed by atoms with van der Waals surface area (Å²) in [6.07, 6.45) is 2.35. The Hall–Kier alpha value is -2.96. The molecular weight excluding hydrogens is 417 g/mol. The molecule has 0 spiro atoms. The molecule has 4 rings (SSSR count). The number of likely N-dealkylation sites (tertiary alicyclic amines) is 1. The second kappa shape index (κ2) is 9.45. The van der Waals surface area contributed by atoms with Crippen molar-refractivity contribution >= 4 is 29.0 Å². The van der Waals surface area contributed by atoms with Crippen LogP contribution in [0.4, 0.5) is 15.9 Å². The van der Waals surface area contributed by atoms with Crippen molar-refractivity contribution in [2.45, 2.75) is 18.9 Å². The average molecular weight is 440 g/mol. The number of hydrogen-bond donors (Lipinski definition) is 2. The summed E-state index contributed by atoms with van der Waals surface area (Å²) in [6.45, 7) is 1.06. The summed E-state index contributed by atoms with van der Waals surface area (Å²) in [5, 5.41) is 14.3. The lowest BCUT2D eigenvalue weighted by molar-refractivity contribution is 0.0463. The lowest BCUT2D eigenvalue weighted by Gasteiger charge is -2.34. The molecular formula is C24H23ClFN3O2. The van der Waals surface area contributed by atoms with Crippen molar-refractivity contribution in [3.63, 3.8) is 0 Å². The molecule has 0 radical (unpaired) electrons. The van der Waals surface area contributed by atoms with Crippen molar-refractivity contribution in [1.82, 2.24) is 9.88 Å². The number of para-hydroxylation sites is 1. The Morgan fingerprint density at radius 1 is 1.10 bits per heavy atom. The van der Waals surface area contributed by atoms with Gasteiger partial charge in [-0.25, -0.2) is 9.37 Å². The van der Waals surface area contributed by atoms with Gasteiger partial charge in [0.05, 0.1) is 17.4 Å². The highest BCUT2D eigenvalue weighted by molar-refractivity contribution is 6.30. The normalized spacial score (nSPS) is 15.5. The standard InChI is InChI=1S/C24H23ClFN3O2/c25-18-9-7-16(8-10-18)22(30)17-11-14-29(15-12-17)24(31)19-4-3-13-27-23(19)28-21-6-2-1-5-20(21)26/h1-10,13,17,22,30H,11-12,14-15H2,(H,27,28)/t22-/m1/s1. The molecule has 1 aromatic heterocycles. The monoisotopic (exact) mass is 439 g/mol. The number of benzene rings is 2. The topological polar surface area (TPSA) is 65.5 Å². The van der Waals surface area contributed by atoms with Gasteiger partial charge in [-0.15, -0.1) is 0 Å². The summed E-state index contributed by atoms with van der Waals surface area (Å²) in [7, 11) is 0. The van der Waals surface area contributed by atoms with Gasteiger partial charge < -0.3 is 15.3 Å².